The van der Waals surface area contributed by atoms with Gasteiger partial charge in [-0.25, -0.2) is 0 Å². The highest BCUT2D eigenvalue weighted by molar-refractivity contribution is 5.85. The van der Waals surface area contributed by atoms with Crippen LogP contribution in [0.15, 0.2) is 0 Å². The first-order valence-electron chi connectivity index (χ1n) is 4.34. The zero-order chi connectivity index (χ0) is 9.14. The summed E-state index contributed by atoms with van der Waals surface area (Å²) < 4.78 is 0. The van der Waals surface area contributed by atoms with Crippen molar-refractivity contribution in [1.29, 1.82) is 0 Å². The lowest BCUT2D eigenvalue weighted by Gasteiger charge is -2.23. The van der Waals surface area contributed by atoms with Gasteiger partial charge in [0.1, 0.15) is 5.78 Å². The van der Waals surface area contributed by atoms with Crippen LogP contribution in [0.1, 0.15) is 32.6 Å². The second-order valence-electron chi connectivity index (χ2n) is 3.64. The monoisotopic (exact) mass is 170 g/mol. The summed E-state index contributed by atoms with van der Waals surface area (Å²) in [5.74, 6) is -0.434. The van der Waals surface area contributed by atoms with Crippen molar-refractivity contribution in [2.45, 2.75) is 32.6 Å². The fraction of sp³-hybridized carbons (Fsp3) is 0.778. The predicted molar refractivity (Wildman–Crippen MR) is 43.8 cm³/mol. The van der Waals surface area contributed by atoms with E-state index in [4.69, 9.17) is 5.11 Å². The summed E-state index contributed by atoms with van der Waals surface area (Å²) in [5.41, 5.74) is 0. The summed E-state index contributed by atoms with van der Waals surface area (Å²) in [7, 11) is 0. The Hall–Kier alpha value is -0.860. The van der Waals surface area contributed by atoms with Crippen molar-refractivity contribution in [3.63, 3.8) is 0 Å². The van der Waals surface area contributed by atoms with Crippen LogP contribution in [0.25, 0.3) is 0 Å². The summed E-state index contributed by atoms with van der Waals surface area (Å²) in [4.78, 5) is 21.6. The smallest absolute Gasteiger partial charge is 0.304 e. The lowest BCUT2D eigenvalue weighted by Crippen LogP contribution is -2.25. The number of aliphatic carboxylic acids is 1. The van der Waals surface area contributed by atoms with E-state index in [0.717, 1.165) is 12.8 Å². The number of carbonyl (C=O) groups is 2. The van der Waals surface area contributed by atoms with Gasteiger partial charge in [0.25, 0.3) is 0 Å². The Labute approximate surface area is 71.8 Å². The Bertz CT molecular complexity index is 198. The Morgan fingerprint density at radius 1 is 1.67 bits per heavy atom. The van der Waals surface area contributed by atoms with E-state index in [0.29, 0.717) is 12.3 Å². The first-order valence-corrected chi connectivity index (χ1v) is 4.34. The van der Waals surface area contributed by atoms with Crippen molar-refractivity contribution in [3.05, 3.63) is 0 Å². The van der Waals surface area contributed by atoms with E-state index in [1.807, 2.05) is 0 Å². The van der Waals surface area contributed by atoms with Crippen molar-refractivity contribution in [2.75, 3.05) is 0 Å². The van der Waals surface area contributed by atoms with Gasteiger partial charge in [0.15, 0.2) is 0 Å². The molecule has 0 amide bonds. The van der Waals surface area contributed by atoms with E-state index in [2.05, 4.69) is 6.92 Å². The number of ketones is 1. The van der Waals surface area contributed by atoms with Crippen LogP contribution in [0, 0.1) is 11.8 Å². The van der Waals surface area contributed by atoms with Crippen molar-refractivity contribution in [2.24, 2.45) is 11.8 Å². The molecule has 0 radical (unpaired) electrons. The summed E-state index contributed by atoms with van der Waals surface area (Å²) in [6.07, 6.45) is 2.27. The highest BCUT2D eigenvalue weighted by atomic mass is 16.4. The summed E-state index contributed by atoms with van der Waals surface area (Å²) >= 11 is 0. The van der Waals surface area contributed by atoms with Gasteiger partial charge in [-0.15, -0.1) is 0 Å². The minimum atomic E-state index is -0.859. The van der Waals surface area contributed by atoms with Crippen molar-refractivity contribution >= 4 is 11.8 Å². The molecular weight excluding hydrogens is 156 g/mol. The zero-order valence-corrected chi connectivity index (χ0v) is 7.25. The Morgan fingerprint density at radius 3 is 2.92 bits per heavy atom. The summed E-state index contributed by atoms with van der Waals surface area (Å²) in [6, 6.07) is 0. The Morgan fingerprint density at radius 2 is 2.33 bits per heavy atom. The van der Waals surface area contributed by atoms with Gasteiger partial charge < -0.3 is 5.11 Å². The molecule has 0 aromatic carbocycles. The number of hydrogen-bond donors (Lipinski definition) is 1. The second kappa shape index (κ2) is 3.70. The predicted octanol–water partition coefficient (Wildman–Crippen LogP) is 1.47. The lowest BCUT2D eigenvalue weighted by atomic mass is 9.80. The molecule has 0 aromatic heterocycles. The molecule has 1 fully saturated rings. The van der Waals surface area contributed by atoms with Gasteiger partial charge in [-0.3, -0.25) is 9.59 Å². The van der Waals surface area contributed by atoms with Gasteiger partial charge in [0.2, 0.25) is 0 Å². The van der Waals surface area contributed by atoms with Crippen LogP contribution in [0.4, 0.5) is 0 Å². The molecule has 12 heavy (non-hydrogen) atoms. The van der Waals surface area contributed by atoms with E-state index in [1.165, 1.54) is 0 Å². The number of carboxylic acid groups (broad SMARTS) is 1. The number of carboxylic acids is 1. The maximum absolute atomic E-state index is 11.2. The molecule has 0 heterocycles. The van der Waals surface area contributed by atoms with Crippen LogP contribution >= 0.6 is 0 Å². The summed E-state index contributed by atoms with van der Waals surface area (Å²) in [6.45, 7) is 2.07. The lowest BCUT2D eigenvalue weighted by molar-refractivity contribution is -0.141. The average molecular weight is 170 g/mol. The molecule has 1 aliphatic carbocycles. The first-order chi connectivity index (χ1) is 5.59. The third kappa shape index (κ3) is 2.32. The molecule has 1 N–H and O–H groups in total. The second-order valence-corrected chi connectivity index (χ2v) is 3.64. The number of hydrogen-bond acceptors (Lipinski definition) is 2. The minimum Gasteiger partial charge on any atom is -0.481 e. The standard InChI is InChI=1S/C9H14O3/c1-6-2-3-8(10)7(4-6)5-9(11)12/h6-7H,2-5H2,1H3,(H,11,12). The number of carbonyl (C=O) groups excluding carboxylic acids is 1. The first kappa shape index (κ1) is 9.23. The molecule has 3 heteroatoms. The van der Waals surface area contributed by atoms with E-state index >= 15 is 0 Å². The highest BCUT2D eigenvalue weighted by Gasteiger charge is 2.27. The van der Waals surface area contributed by atoms with Gasteiger partial charge >= 0.3 is 5.97 Å². The van der Waals surface area contributed by atoms with Crippen molar-refractivity contribution < 1.29 is 14.7 Å². The quantitative estimate of drug-likeness (QED) is 0.682. The van der Waals surface area contributed by atoms with Crippen molar-refractivity contribution in [3.8, 4) is 0 Å². The normalized spacial score (nSPS) is 30.2. The SMILES string of the molecule is CC1CCC(=O)C(CC(=O)O)C1. The molecule has 1 saturated carbocycles. The largest absolute Gasteiger partial charge is 0.481 e. The van der Waals surface area contributed by atoms with Crippen LogP contribution in [-0.2, 0) is 9.59 Å². The van der Waals surface area contributed by atoms with Crippen LogP contribution in [-0.4, -0.2) is 16.9 Å². The van der Waals surface area contributed by atoms with Gasteiger partial charge in [0, 0.05) is 12.3 Å². The molecule has 0 bridgehead atoms. The minimum absolute atomic E-state index is 0.0170. The van der Waals surface area contributed by atoms with Gasteiger partial charge in [-0.05, 0) is 18.8 Å². The molecule has 0 saturated heterocycles. The van der Waals surface area contributed by atoms with E-state index in [1.54, 1.807) is 0 Å². The maximum atomic E-state index is 11.2. The molecule has 1 aliphatic rings. The van der Waals surface area contributed by atoms with E-state index in [-0.39, 0.29) is 18.1 Å². The molecule has 0 aromatic rings. The third-order valence-corrected chi connectivity index (χ3v) is 2.45. The molecule has 0 spiro atoms. The average Bonchev–Trinajstić information content (AvgIpc) is 1.96. The number of rotatable bonds is 2. The van der Waals surface area contributed by atoms with Crippen LogP contribution < -0.4 is 0 Å². The molecular formula is C9H14O3. The van der Waals surface area contributed by atoms with E-state index < -0.39 is 5.97 Å². The van der Waals surface area contributed by atoms with Crippen LogP contribution in [0.5, 0.6) is 0 Å². The van der Waals surface area contributed by atoms with Gasteiger partial charge in [-0.2, -0.15) is 0 Å². The number of Topliss-reactive ketones (excluding diaryl/α,β-unsaturated/α-hetero) is 1. The maximum Gasteiger partial charge on any atom is 0.304 e. The summed E-state index contributed by atoms with van der Waals surface area (Å²) in [5, 5.41) is 8.52. The Kier molecular flexibility index (Phi) is 2.84. The molecule has 0 aliphatic heterocycles. The topological polar surface area (TPSA) is 54.4 Å². The molecule has 68 valence electrons. The molecule has 1 rings (SSSR count). The highest BCUT2D eigenvalue weighted by Crippen LogP contribution is 2.27. The van der Waals surface area contributed by atoms with Crippen molar-refractivity contribution in [1.82, 2.24) is 0 Å². The molecule has 3 nitrogen and oxygen atoms in total. The Balaban J connectivity index is 2.49. The zero-order valence-electron chi connectivity index (χ0n) is 7.25. The van der Waals surface area contributed by atoms with E-state index in [9.17, 15) is 9.59 Å². The van der Waals surface area contributed by atoms with Gasteiger partial charge in [0.05, 0.1) is 6.42 Å². The molecule has 2 atom stereocenters. The third-order valence-electron chi connectivity index (χ3n) is 2.45. The fourth-order valence-electron chi connectivity index (χ4n) is 1.74. The molecule has 2 unspecified atom stereocenters. The fourth-order valence-corrected chi connectivity index (χ4v) is 1.74. The van der Waals surface area contributed by atoms with Crippen LogP contribution in [0.3, 0.4) is 0 Å². The van der Waals surface area contributed by atoms with Crippen LogP contribution in [0.2, 0.25) is 0 Å². The van der Waals surface area contributed by atoms with Gasteiger partial charge in [-0.1, -0.05) is 6.92 Å².